The van der Waals surface area contributed by atoms with Gasteiger partial charge in [-0.1, -0.05) is 30.3 Å². The lowest BCUT2D eigenvalue weighted by atomic mass is 10.2. The Labute approximate surface area is 135 Å². The van der Waals surface area contributed by atoms with Crippen LogP contribution in [0.2, 0.25) is 0 Å². The second-order valence-corrected chi connectivity index (χ2v) is 7.79. The Morgan fingerprint density at radius 3 is 2.65 bits per heavy atom. The molecular formula is C15H21N2O5P. The number of benzene rings is 1. The summed E-state index contributed by atoms with van der Waals surface area (Å²) in [4.78, 5) is 12.1. The van der Waals surface area contributed by atoms with Gasteiger partial charge in [0.05, 0.1) is 26.9 Å². The van der Waals surface area contributed by atoms with Gasteiger partial charge < -0.3 is 14.0 Å². The van der Waals surface area contributed by atoms with E-state index in [0.29, 0.717) is 32.8 Å². The number of esters is 1. The van der Waals surface area contributed by atoms with Crippen LogP contribution in [-0.4, -0.2) is 61.4 Å². The topological polar surface area (TPSA) is 68.3 Å². The van der Waals surface area contributed by atoms with Crippen molar-refractivity contribution in [2.24, 2.45) is 0 Å². The van der Waals surface area contributed by atoms with Crippen LogP contribution in [0.15, 0.2) is 30.3 Å². The Bertz CT molecular complexity index is 591. The van der Waals surface area contributed by atoms with Crippen molar-refractivity contribution in [3.8, 4) is 0 Å². The number of hydrogen-bond donors (Lipinski definition) is 0. The predicted octanol–water partition coefficient (Wildman–Crippen LogP) is 1.50. The minimum Gasteiger partial charge on any atom is -0.468 e. The molecule has 2 fully saturated rings. The molecule has 2 aliphatic rings. The molecule has 1 aromatic carbocycles. The fraction of sp³-hybridized carbons (Fsp3) is 0.533. The van der Waals surface area contributed by atoms with Crippen LogP contribution < -0.4 is 0 Å². The van der Waals surface area contributed by atoms with Crippen molar-refractivity contribution in [3.63, 3.8) is 0 Å². The van der Waals surface area contributed by atoms with Crippen LogP contribution in [-0.2, 0) is 29.9 Å². The fourth-order valence-corrected chi connectivity index (χ4v) is 5.35. The number of nitrogens with zero attached hydrogens (tertiary/aromatic N) is 2. The van der Waals surface area contributed by atoms with Crippen LogP contribution in [0.4, 0.5) is 0 Å². The van der Waals surface area contributed by atoms with E-state index in [1.807, 2.05) is 30.3 Å². The molecule has 0 bridgehead atoms. The van der Waals surface area contributed by atoms with Crippen LogP contribution in [0.1, 0.15) is 5.56 Å². The second-order valence-electron chi connectivity index (χ2n) is 5.47. The molecule has 0 radical (unpaired) electrons. The number of ether oxygens (including phenoxy) is 2. The van der Waals surface area contributed by atoms with Crippen molar-refractivity contribution in [2.45, 2.75) is 12.6 Å². The lowest BCUT2D eigenvalue weighted by molar-refractivity contribution is -0.145. The molecule has 2 aliphatic heterocycles. The molecule has 3 rings (SSSR count). The van der Waals surface area contributed by atoms with E-state index < -0.39 is 19.7 Å². The largest absolute Gasteiger partial charge is 0.468 e. The van der Waals surface area contributed by atoms with Gasteiger partial charge in [-0.15, -0.1) is 0 Å². The van der Waals surface area contributed by atoms with Gasteiger partial charge in [0.2, 0.25) is 0 Å². The lowest BCUT2D eigenvalue weighted by Gasteiger charge is -2.36. The van der Waals surface area contributed by atoms with Crippen molar-refractivity contribution in [1.82, 2.24) is 9.34 Å². The summed E-state index contributed by atoms with van der Waals surface area (Å²) < 4.78 is 32.8. The van der Waals surface area contributed by atoms with E-state index in [9.17, 15) is 9.36 Å². The number of rotatable bonds is 4. The number of morpholine rings is 1. The zero-order chi connectivity index (χ0) is 16.3. The smallest absolute Gasteiger partial charge is 0.347 e. The highest BCUT2D eigenvalue weighted by Gasteiger charge is 2.51. The molecule has 7 nitrogen and oxygen atoms in total. The van der Waals surface area contributed by atoms with Gasteiger partial charge in [-0.2, -0.15) is 4.67 Å². The van der Waals surface area contributed by atoms with Crippen molar-refractivity contribution >= 4 is 13.6 Å². The molecule has 0 saturated carbocycles. The summed E-state index contributed by atoms with van der Waals surface area (Å²) in [6, 6.07) is 8.97. The average Bonchev–Trinajstić information content (AvgIpc) is 2.94. The maximum absolute atomic E-state index is 13.5. The normalized spacial score (nSPS) is 29.5. The first-order valence-electron chi connectivity index (χ1n) is 7.62. The van der Waals surface area contributed by atoms with Crippen LogP contribution in [0.5, 0.6) is 0 Å². The monoisotopic (exact) mass is 340 g/mol. The molecule has 2 saturated heterocycles. The zero-order valence-corrected chi connectivity index (χ0v) is 14.0. The highest BCUT2D eigenvalue weighted by Crippen LogP contribution is 2.60. The van der Waals surface area contributed by atoms with Crippen molar-refractivity contribution in [1.29, 1.82) is 0 Å². The molecule has 0 unspecified atom stereocenters. The summed E-state index contributed by atoms with van der Waals surface area (Å²) in [6.07, 6.45) is 0. The third-order valence-corrected chi connectivity index (χ3v) is 6.76. The van der Waals surface area contributed by atoms with Crippen LogP contribution in [0, 0.1) is 0 Å². The SMILES string of the molecule is COC(=O)[C@@H]1CO[P@](=O)(N2CCOCC2)N1Cc1ccccc1. The van der Waals surface area contributed by atoms with Gasteiger partial charge in [0.15, 0.2) is 0 Å². The number of methoxy groups -OCH3 is 1. The second kappa shape index (κ2) is 7.11. The van der Waals surface area contributed by atoms with Crippen LogP contribution in [0.3, 0.4) is 0 Å². The van der Waals surface area contributed by atoms with E-state index in [0.717, 1.165) is 5.56 Å². The Balaban J connectivity index is 1.88. The summed E-state index contributed by atoms with van der Waals surface area (Å²) in [5.41, 5.74) is 0.973. The summed E-state index contributed by atoms with van der Waals surface area (Å²) in [5, 5.41) is 0. The van der Waals surface area contributed by atoms with E-state index >= 15 is 0 Å². The van der Waals surface area contributed by atoms with Gasteiger partial charge in [0.25, 0.3) is 0 Å². The molecule has 126 valence electrons. The van der Waals surface area contributed by atoms with E-state index in [1.54, 1.807) is 9.34 Å². The van der Waals surface area contributed by atoms with E-state index in [4.69, 9.17) is 14.0 Å². The van der Waals surface area contributed by atoms with Crippen LogP contribution in [0.25, 0.3) is 0 Å². The Morgan fingerprint density at radius 2 is 2.00 bits per heavy atom. The fourth-order valence-electron chi connectivity index (χ4n) is 2.85. The zero-order valence-electron chi connectivity index (χ0n) is 13.1. The highest BCUT2D eigenvalue weighted by atomic mass is 31.2. The summed E-state index contributed by atoms with van der Waals surface area (Å²) in [7, 11) is -1.92. The first-order chi connectivity index (χ1) is 11.1. The molecule has 23 heavy (non-hydrogen) atoms. The van der Waals surface area contributed by atoms with Gasteiger partial charge in [-0.05, 0) is 5.56 Å². The molecule has 0 amide bonds. The molecule has 2 heterocycles. The summed E-state index contributed by atoms with van der Waals surface area (Å²) >= 11 is 0. The highest BCUT2D eigenvalue weighted by molar-refractivity contribution is 7.54. The molecule has 2 atom stereocenters. The Morgan fingerprint density at radius 1 is 1.30 bits per heavy atom. The molecule has 0 aliphatic carbocycles. The molecule has 0 N–H and O–H groups in total. The molecule has 1 aromatic rings. The molecular weight excluding hydrogens is 319 g/mol. The quantitative estimate of drug-likeness (QED) is 0.608. The number of hydrogen-bond acceptors (Lipinski definition) is 5. The number of carbonyl (C=O) groups excluding carboxylic acids is 1. The third kappa shape index (κ3) is 3.34. The summed E-state index contributed by atoms with van der Waals surface area (Å²) in [5.74, 6) is -0.424. The number of carbonyl (C=O) groups is 1. The average molecular weight is 340 g/mol. The predicted molar refractivity (Wildman–Crippen MR) is 83.7 cm³/mol. The standard InChI is InChI=1S/C15H21N2O5P/c1-20-15(18)14-12-22-23(19,16-7-9-21-10-8-16)17(14)11-13-5-3-2-4-6-13/h2-6,14H,7-12H2,1H3/t14-,23+/m0/s1. The van der Waals surface area contributed by atoms with Crippen LogP contribution >= 0.6 is 7.67 Å². The molecule has 0 spiro atoms. The van der Waals surface area contributed by atoms with E-state index in [1.165, 1.54) is 7.11 Å². The van der Waals surface area contributed by atoms with Gasteiger partial charge in [-0.25, -0.2) is 4.67 Å². The van der Waals surface area contributed by atoms with Crippen molar-refractivity contribution in [2.75, 3.05) is 40.0 Å². The Hall–Kier alpha value is -1.24. The Kier molecular flexibility index (Phi) is 5.14. The minimum absolute atomic E-state index is 0.0775. The van der Waals surface area contributed by atoms with Crippen molar-refractivity contribution in [3.05, 3.63) is 35.9 Å². The minimum atomic E-state index is -3.26. The van der Waals surface area contributed by atoms with Gasteiger partial charge in [-0.3, -0.25) is 9.36 Å². The van der Waals surface area contributed by atoms with E-state index in [-0.39, 0.29) is 6.61 Å². The first kappa shape index (κ1) is 16.6. The maximum Gasteiger partial charge on any atom is 0.347 e. The first-order valence-corrected chi connectivity index (χ1v) is 9.15. The molecule has 8 heteroatoms. The lowest BCUT2D eigenvalue weighted by Crippen LogP contribution is -2.42. The van der Waals surface area contributed by atoms with E-state index in [2.05, 4.69) is 0 Å². The van der Waals surface area contributed by atoms with Gasteiger partial charge in [0.1, 0.15) is 6.04 Å². The van der Waals surface area contributed by atoms with Gasteiger partial charge in [0, 0.05) is 19.6 Å². The van der Waals surface area contributed by atoms with Gasteiger partial charge >= 0.3 is 13.6 Å². The third-order valence-electron chi connectivity index (χ3n) is 4.09. The van der Waals surface area contributed by atoms with Crippen molar-refractivity contribution < 1.29 is 23.4 Å². The maximum atomic E-state index is 13.5. The summed E-state index contributed by atoms with van der Waals surface area (Å²) in [6.45, 7) is 2.52. The molecule has 0 aromatic heterocycles.